The van der Waals surface area contributed by atoms with E-state index in [0.717, 1.165) is 6.42 Å². The lowest BCUT2D eigenvalue weighted by Crippen LogP contribution is -2.15. The molecule has 0 unspecified atom stereocenters. The van der Waals surface area contributed by atoms with Crippen LogP contribution in [0.4, 0.5) is 0 Å². The van der Waals surface area contributed by atoms with Crippen LogP contribution >= 0.6 is 15.9 Å². The van der Waals surface area contributed by atoms with Gasteiger partial charge in [-0.25, -0.2) is 0 Å². The van der Waals surface area contributed by atoms with Crippen LogP contribution < -0.4 is 5.73 Å². The molecule has 0 fully saturated rings. The molecule has 0 spiro atoms. The van der Waals surface area contributed by atoms with Gasteiger partial charge >= 0.3 is 0 Å². The molecule has 0 saturated carbocycles. The number of hydrogen-bond donors (Lipinski definition) is 1. The van der Waals surface area contributed by atoms with Gasteiger partial charge in [-0.1, -0.05) is 29.8 Å². The third kappa shape index (κ3) is 1.55. The van der Waals surface area contributed by atoms with Crippen molar-refractivity contribution in [3.63, 3.8) is 0 Å². The standard InChI is InChI=1S/C13H18BrN/c1-7-5-9(14)8(2)11-10(15)6-13(3,4)12(7)11/h5,10H,6,15H2,1-4H3/t10-/m0/s1. The molecule has 2 N–H and O–H groups in total. The fourth-order valence-corrected chi connectivity index (χ4v) is 3.57. The van der Waals surface area contributed by atoms with Crippen molar-refractivity contribution >= 4 is 15.9 Å². The molecule has 1 aliphatic carbocycles. The van der Waals surface area contributed by atoms with E-state index >= 15 is 0 Å². The van der Waals surface area contributed by atoms with E-state index in [1.54, 1.807) is 0 Å². The van der Waals surface area contributed by atoms with E-state index in [1.807, 2.05) is 0 Å². The smallest absolute Gasteiger partial charge is 0.0309 e. The van der Waals surface area contributed by atoms with Crippen LogP contribution in [0, 0.1) is 13.8 Å². The summed E-state index contributed by atoms with van der Waals surface area (Å²) >= 11 is 3.61. The maximum Gasteiger partial charge on any atom is 0.0309 e. The average molecular weight is 268 g/mol. The number of benzene rings is 1. The Morgan fingerprint density at radius 1 is 1.40 bits per heavy atom. The van der Waals surface area contributed by atoms with Crippen molar-refractivity contribution in [2.24, 2.45) is 5.73 Å². The third-order valence-corrected chi connectivity index (χ3v) is 4.37. The molecule has 0 aromatic heterocycles. The molecule has 0 amide bonds. The molecule has 0 saturated heterocycles. The second-order valence-electron chi connectivity index (χ2n) is 5.28. The number of rotatable bonds is 0. The highest BCUT2D eigenvalue weighted by molar-refractivity contribution is 9.10. The topological polar surface area (TPSA) is 26.0 Å². The van der Waals surface area contributed by atoms with Crippen molar-refractivity contribution in [3.05, 3.63) is 32.8 Å². The largest absolute Gasteiger partial charge is 0.324 e. The van der Waals surface area contributed by atoms with E-state index in [0.29, 0.717) is 0 Å². The van der Waals surface area contributed by atoms with Crippen molar-refractivity contribution in [2.75, 3.05) is 0 Å². The summed E-state index contributed by atoms with van der Waals surface area (Å²) in [5.74, 6) is 0. The van der Waals surface area contributed by atoms with Crippen LogP contribution in [0.25, 0.3) is 0 Å². The minimum atomic E-state index is 0.200. The van der Waals surface area contributed by atoms with E-state index in [-0.39, 0.29) is 11.5 Å². The predicted octanol–water partition coefficient (Wildman–Crippen LogP) is 3.75. The molecule has 2 rings (SSSR count). The summed E-state index contributed by atoms with van der Waals surface area (Å²) in [6.45, 7) is 8.92. The number of halogens is 1. The first-order chi connectivity index (χ1) is 6.84. The lowest BCUT2D eigenvalue weighted by molar-refractivity contribution is 0.480. The second kappa shape index (κ2) is 3.33. The van der Waals surface area contributed by atoms with E-state index in [1.165, 1.54) is 26.7 Å². The summed E-state index contributed by atoms with van der Waals surface area (Å²) in [4.78, 5) is 0. The van der Waals surface area contributed by atoms with Gasteiger partial charge in [0.1, 0.15) is 0 Å². The van der Waals surface area contributed by atoms with E-state index in [2.05, 4.69) is 49.7 Å². The van der Waals surface area contributed by atoms with Crippen LogP contribution in [0.2, 0.25) is 0 Å². The molecule has 0 radical (unpaired) electrons. The van der Waals surface area contributed by atoms with Crippen LogP contribution in [0.5, 0.6) is 0 Å². The molecular formula is C13H18BrN. The van der Waals surface area contributed by atoms with Crippen LogP contribution in [-0.2, 0) is 5.41 Å². The van der Waals surface area contributed by atoms with Gasteiger partial charge in [0.2, 0.25) is 0 Å². The monoisotopic (exact) mass is 267 g/mol. The first-order valence-electron chi connectivity index (χ1n) is 5.40. The predicted molar refractivity (Wildman–Crippen MR) is 68.2 cm³/mol. The molecular weight excluding hydrogens is 250 g/mol. The van der Waals surface area contributed by atoms with Gasteiger partial charge in [0, 0.05) is 10.5 Å². The van der Waals surface area contributed by atoms with Gasteiger partial charge in [-0.05, 0) is 54.0 Å². The van der Waals surface area contributed by atoms with Gasteiger partial charge in [0.25, 0.3) is 0 Å². The lowest BCUT2D eigenvalue weighted by Gasteiger charge is -2.22. The second-order valence-corrected chi connectivity index (χ2v) is 6.14. The summed E-state index contributed by atoms with van der Waals surface area (Å²) < 4.78 is 1.19. The summed E-state index contributed by atoms with van der Waals surface area (Å²) in [7, 11) is 0. The SMILES string of the molecule is Cc1cc(Br)c(C)c2c1C(C)(C)C[C@@H]2N. The Bertz CT molecular complexity index is 421. The highest BCUT2D eigenvalue weighted by atomic mass is 79.9. The highest BCUT2D eigenvalue weighted by Gasteiger charge is 2.37. The zero-order valence-electron chi connectivity index (χ0n) is 9.82. The number of nitrogens with two attached hydrogens (primary N) is 1. The van der Waals surface area contributed by atoms with Crippen LogP contribution in [0.1, 0.15) is 48.6 Å². The first kappa shape index (κ1) is 11.2. The number of hydrogen-bond acceptors (Lipinski definition) is 1. The van der Waals surface area contributed by atoms with Crippen molar-refractivity contribution in [3.8, 4) is 0 Å². The molecule has 1 aliphatic rings. The molecule has 1 atom stereocenters. The minimum Gasteiger partial charge on any atom is -0.324 e. The van der Waals surface area contributed by atoms with Gasteiger partial charge in [-0.3, -0.25) is 0 Å². The molecule has 0 aliphatic heterocycles. The molecule has 1 aromatic rings. The molecule has 82 valence electrons. The van der Waals surface area contributed by atoms with Gasteiger partial charge in [-0.2, -0.15) is 0 Å². The van der Waals surface area contributed by atoms with Crippen molar-refractivity contribution < 1.29 is 0 Å². The normalized spacial score (nSPS) is 22.9. The minimum absolute atomic E-state index is 0.200. The van der Waals surface area contributed by atoms with Crippen molar-refractivity contribution in [2.45, 2.75) is 45.6 Å². The maximum atomic E-state index is 6.24. The van der Waals surface area contributed by atoms with Crippen LogP contribution in [-0.4, -0.2) is 0 Å². The Balaban J connectivity index is 2.78. The van der Waals surface area contributed by atoms with Gasteiger partial charge < -0.3 is 5.73 Å². The zero-order chi connectivity index (χ0) is 11.4. The lowest BCUT2D eigenvalue weighted by atomic mass is 9.83. The fourth-order valence-electron chi connectivity index (χ4n) is 3.01. The molecule has 15 heavy (non-hydrogen) atoms. The Kier molecular flexibility index (Phi) is 2.47. The molecule has 0 bridgehead atoms. The maximum absolute atomic E-state index is 6.24. The summed E-state index contributed by atoms with van der Waals surface area (Å²) in [5.41, 5.74) is 12.0. The van der Waals surface area contributed by atoms with E-state index in [9.17, 15) is 0 Å². The summed E-state index contributed by atoms with van der Waals surface area (Å²) in [6.07, 6.45) is 1.06. The molecule has 1 nitrogen and oxygen atoms in total. The van der Waals surface area contributed by atoms with Crippen molar-refractivity contribution in [1.82, 2.24) is 0 Å². The van der Waals surface area contributed by atoms with Gasteiger partial charge in [0.05, 0.1) is 0 Å². The third-order valence-electron chi connectivity index (χ3n) is 3.55. The Morgan fingerprint density at radius 3 is 2.60 bits per heavy atom. The Labute approximate surface area is 100 Å². The van der Waals surface area contributed by atoms with E-state index in [4.69, 9.17) is 5.73 Å². The number of aryl methyl sites for hydroxylation is 1. The van der Waals surface area contributed by atoms with Gasteiger partial charge in [-0.15, -0.1) is 0 Å². The molecule has 1 aromatic carbocycles. The highest BCUT2D eigenvalue weighted by Crippen LogP contribution is 2.47. The van der Waals surface area contributed by atoms with Crippen LogP contribution in [0.15, 0.2) is 10.5 Å². The summed E-state index contributed by atoms with van der Waals surface area (Å²) in [6, 6.07) is 2.42. The average Bonchev–Trinajstić information content (AvgIpc) is 2.32. The first-order valence-corrected chi connectivity index (χ1v) is 6.19. The van der Waals surface area contributed by atoms with Crippen molar-refractivity contribution in [1.29, 1.82) is 0 Å². The Morgan fingerprint density at radius 2 is 2.00 bits per heavy atom. The molecule has 0 heterocycles. The Hall–Kier alpha value is -0.340. The zero-order valence-corrected chi connectivity index (χ0v) is 11.4. The van der Waals surface area contributed by atoms with E-state index < -0.39 is 0 Å². The quantitative estimate of drug-likeness (QED) is 0.762. The van der Waals surface area contributed by atoms with Gasteiger partial charge in [0.15, 0.2) is 0 Å². The number of fused-ring (bicyclic) bond motifs is 1. The van der Waals surface area contributed by atoms with Crippen LogP contribution in [0.3, 0.4) is 0 Å². The summed E-state index contributed by atoms with van der Waals surface area (Å²) in [5, 5.41) is 0. The molecule has 2 heteroatoms. The fraction of sp³-hybridized carbons (Fsp3) is 0.538.